The Balaban J connectivity index is 2.00. The quantitative estimate of drug-likeness (QED) is 0.891. The molecule has 108 valence electrons. The number of aliphatic hydroxyl groups excluding tert-OH is 1. The summed E-state index contributed by atoms with van der Waals surface area (Å²) < 4.78 is 26.4. The number of carbonyl (C=O) groups is 1. The molecule has 0 bridgehead atoms. The lowest BCUT2D eigenvalue weighted by Gasteiger charge is -2.19. The van der Waals surface area contributed by atoms with Crippen LogP contribution in [0, 0.1) is 11.6 Å². The summed E-state index contributed by atoms with van der Waals surface area (Å²) in [5, 5.41) is 13.0. The number of nitrogens with one attached hydrogen (secondary N) is 1. The Bertz CT molecular complexity index is 695. The number of amides is 1. The summed E-state index contributed by atoms with van der Waals surface area (Å²) in [5.74, 6) is -1.70. The second-order valence-corrected chi connectivity index (χ2v) is 5.03. The molecule has 1 heterocycles. The van der Waals surface area contributed by atoms with Crippen molar-refractivity contribution >= 4 is 5.91 Å². The Morgan fingerprint density at radius 2 is 1.76 bits per heavy atom. The number of hydrogen-bond donors (Lipinski definition) is 2. The van der Waals surface area contributed by atoms with Crippen LogP contribution in [0.4, 0.5) is 8.78 Å². The molecule has 0 radical (unpaired) electrons. The van der Waals surface area contributed by atoms with Gasteiger partial charge in [0, 0.05) is 18.2 Å². The topological polar surface area (TPSA) is 49.3 Å². The normalized spacial score (nSPS) is 15.3. The SMILES string of the molecule is O=C1NCCc2ccc(C(O)c3cc(F)cc(F)c3)cc21. The standard InChI is InChI=1S/C16H13F2NO2/c17-12-5-11(6-13(18)8-12)15(20)10-2-1-9-3-4-19-16(21)14(9)7-10/h1-2,5-8,15,20H,3-4H2,(H,19,21). The maximum Gasteiger partial charge on any atom is 0.251 e. The molecule has 0 aliphatic carbocycles. The van der Waals surface area contributed by atoms with E-state index in [0.29, 0.717) is 17.7 Å². The van der Waals surface area contributed by atoms with Gasteiger partial charge in [-0.3, -0.25) is 4.79 Å². The van der Waals surface area contributed by atoms with Crippen molar-refractivity contribution in [3.05, 3.63) is 70.3 Å². The minimum atomic E-state index is -1.18. The lowest BCUT2D eigenvalue weighted by atomic mass is 9.94. The first-order chi connectivity index (χ1) is 10.0. The average Bonchev–Trinajstić information content (AvgIpc) is 2.45. The summed E-state index contributed by atoms with van der Waals surface area (Å²) >= 11 is 0. The second-order valence-electron chi connectivity index (χ2n) is 5.03. The van der Waals surface area contributed by atoms with Crippen LogP contribution in [-0.4, -0.2) is 17.6 Å². The summed E-state index contributed by atoms with van der Waals surface area (Å²) in [6, 6.07) is 7.90. The molecular formula is C16H13F2NO2. The van der Waals surface area contributed by atoms with Crippen molar-refractivity contribution in [3.8, 4) is 0 Å². The fourth-order valence-electron chi connectivity index (χ4n) is 2.52. The first-order valence-corrected chi connectivity index (χ1v) is 6.59. The maximum atomic E-state index is 13.2. The monoisotopic (exact) mass is 289 g/mol. The predicted octanol–water partition coefficient (Wildman–Crippen LogP) is 2.33. The molecule has 2 N–H and O–H groups in total. The molecule has 0 aromatic heterocycles. The summed E-state index contributed by atoms with van der Waals surface area (Å²) in [4.78, 5) is 11.8. The number of aliphatic hydroxyl groups is 1. The highest BCUT2D eigenvalue weighted by atomic mass is 19.1. The summed E-state index contributed by atoms with van der Waals surface area (Å²) in [6.45, 7) is 0.586. The van der Waals surface area contributed by atoms with E-state index >= 15 is 0 Å². The molecule has 1 aliphatic heterocycles. The molecule has 1 atom stereocenters. The molecule has 1 aliphatic rings. The first kappa shape index (κ1) is 13.7. The number of rotatable bonds is 2. The Morgan fingerprint density at radius 3 is 2.48 bits per heavy atom. The summed E-state index contributed by atoms with van der Waals surface area (Å²) in [7, 11) is 0. The van der Waals surface area contributed by atoms with Gasteiger partial charge in [0.1, 0.15) is 17.7 Å². The van der Waals surface area contributed by atoms with Gasteiger partial charge in [0.25, 0.3) is 5.91 Å². The first-order valence-electron chi connectivity index (χ1n) is 6.59. The predicted molar refractivity (Wildman–Crippen MR) is 72.9 cm³/mol. The van der Waals surface area contributed by atoms with Gasteiger partial charge in [-0.25, -0.2) is 8.78 Å². The molecule has 3 rings (SSSR count). The van der Waals surface area contributed by atoms with Crippen LogP contribution in [0.2, 0.25) is 0 Å². The lowest BCUT2D eigenvalue weighted by molar-refractivity contribution is 0.0945. The molecule has 21 heavy (non-hydrogen) atoms. The van der Waals surface area contributed by atoms with Gasteiger partial charge in [-0.1, -0.05) is 12.1 Å². The molecule has 5 heteroatoms. The van der Waals surface area contributed by atoms with Gasteiger partial charge in [-0.2, -0.15) is 0 Å². The number of carbonyl (C=O) groups excluding carboxylic acids is 1. The van der Waals surface area contributed by atoms with Crippen LogP contribution in [-0.2, 0) is 6.42 Å². The molecule has 0 fully saturated rings. The molecule has 1 unspecified atom stereocenters. The van der Waals surface area contributed by atoms with E-state index in [4.69, 9.17) is 0 Å². The van der Waals surface area contributed by atoms with Crippen molar-refractivity contribution in [1.29, 1.82) is 0 Å². The highest BCUT2D eigenvalue weighted by Gasteiger charge is 2.20. The molecule has 2 aromatic carbocycles. The van der Waals surface area contributed by atoms with Crippen LogP contribution in [0.25, 0.3) is 0 Å². The third kappa shape index (κ3) is 2.64. The molecular weight excluding hydrogens is 276 g/mol. The van der Waals surface area contributed by atoms with Crippen molar-refractivity contribution < 1.29 is 18.7 Å². The summed E-state index contributed by atoms with van der Waals surface area (Å²) in [6.07, 6.45) is -0.457. The fourth-order valence-corrected chi connectivity index (χ4v) is 2.52. The highest BCUT2D eigenvalue weighted by Crippen LogP contribution is 2.26. The van der Waals surface area contributed by atoms with Gasteiger partial charge < -0.3 is 10.4 Å². The van der Waals surface area contributed by atoms with Crippen LogP contribution in [0.3, 0.4) is 0 Å². The lowest BCUT2D eigenvalue weighted by Crippen LogP contribution is -2.31. The zero-order chi connectivity index (χ0) is 15.0. The van der Waals surface area contributed by atoms with Gasteiger partial charge in [0.2, 0.25) is 0 Å². The Labute approximate surface area is 120 Å². The minimum absolute atomic E-state index is 0.115. The number of benzene rings is 2. The van der Waals surface area contributed by atoms with E-state index in [-0.39, 0.29) is 11.5 Å². The minimum Gasteiger partial charge on any atom is -0.384 e. The zero-order valence-electron chi connectivity index (χ0n) is 11.1. The third-order valence-corrected chi connectivity index (χ3v) is 3.57. The van der Waals surface area contributed by atoms with Crippen LogP contribution in [0.15, 0.2) is 36.4 Å². The number of halogens is 2. The fraction of sp³-hybridized carbons (Fsp3) is 0.188. The smallest absolute Gasteiger partial charge is 0.251 e. The van der Waals surface area contributed by atoms with Gasteiger partial charge in [-0.05, 0) is 41.3 Å². The average molecular weight is 289 g/mol. The van der Waals surface area contributed by atoms with Crippen LogP contribution in [0.1, 0.15) is 33.2 Å². The van der Waals surface area contributed by atoms with E-state index in [2.05, 4.69) is 5.32 Å². The zero-order valence-corrected chi connectivity index (χ0v) is 11.1. The molecule has 1 amide bonds. The van der Waals surface area contributed by atoms with E-state index in [1.54, 1.807) is 18.2 Å². The van der Waals surface area contributed by atoms with Crippen molar-refractivity contribution in [1.82, 2.24) is 5.32 Å². The van der Waals surface area contributed by atoms with Crippen molar-refractivity contribution in [2.24, 2.45) is 0 Å². The van der Waals surface area contributed by atoms with E-state index in [0.717, 1.165) is 30.2 Å². The summed E-state index contributed by atoms with van der Waals surface area (Å²) in [5.41, 5.74) is 1.94. The molecule has 0 spiro atoms. The van der Waals surface area contributed by atoms with Crippen LogP contribution in [0.5, 0.6) is 0 Å². The van der Waals surface area contributed by atoms with E-state index in [1.165, 1.54) is 0 Å². The Kier molecular flexibility index (Phi) is 3.43. The van der Waals surface area contributed by atoms with E-state index in [1.807, 2.05) is 0 Å². The van der Waals surface area contributed by atoms with Crippen LogP contribution < -0.4 is 5.32 Å². The third-order valence-electron chi connectivity index (χ3n) is 3.57. The van der Waals surface area contributed by atoms with Gasteiger partial charge in [0.15, 0.2) is 0 Å². The Morgan fingerprint density at radius 1 is 1.05 bits per heavy atom. The van der Waals surface area contributed by atoms with Gasteiger partial charge >= 0.3 is 0 Å². The van der Waals surface area contributed by atoms with E-state index in [9.17, 15) is 18.7 Å². The second kappa shape index (κ2) is 5.26. The van der Waals surface area contributed by atoms with Crippen molar-refractivity contribution in [2.45, 2.75) is 12.5 Å². The molecule has 3 nitrogen and oxygen atoms in total. The molecule has 0 saturated carbocycles. The van der Waals surface area contributed by atoms with Gasteiger partial charge in [0.05, 0.1) is 0 Å². The molecule has 0 saturated heterocycles. The number of hydrogen-bond acceptors (Lipinski definition) is 2. The maximum absolute atomic E-state index is 13.2. The Hall–Kier alpha value is -2.27. The largest absolute Gasteiger partial charge is 0.384 e. The number of fused-ring (bicyclic) bond motifs is 1. The highest BCUT2D eigenvalue weighted by molar-refractivity contribution is 5.96. The molecule has 2 aromatic rings. The van der Waals surface area contributed by atoms with Crippen LogP contribution >= 0.6 is 0 Å². The van der Waals surface area contributed by atoms with Crippen molar-refractivity contribution in [3.63, 3.8) is 0 Å². The van der Waals surface area contributed by atoms with Crippen molar-refractivity contribution in [2.75, 3.05) is 6.54 Å². The van der Waals surface area contributed by atoms with Gasteiger partial charge in [-0.15, -0.1) is 0 Å². The van der Waals surface area contributed by atoms with E-state index < -0.39 is 17.7 Å².